The molecule has 9 heteroatoms. The maximum absolute atomic E-state index is 10.1. The minimum absolute atomic E-state index is 0.0108. The maximum Gasteiger partial charge on any atom is 0.244 e. The van der Waals surface area contributed by atoms with Crippen molar-refractivity contribution in [3.63, 3.8) is 0 Å². The van der Waals surface area contributed by atoms with Gasteiger partial charge in [-0.3, -0.25) is 5.10 Å². The van der Waals surface area contributed by atoms with Gasteiger partial charge in [-0.15, -0.1) is 5.10 Å². The Bertz CT molecular complexity index is 1310. The lowest BCUT2D eigenvalue weighted by molar-refractivity contribution is 0.287. The molecule has 1 atom stereocenters. The van der Waals surface area contributed by atoms with Gasteiger partial charge in [0, 0.05) is 11.6 Å². The van der Waals surface area contributed by atoms with Crippen LogP contribution in [0.25, 0.3) is 11.3 Å². The van der Waals surface area contributed by atoms with Gasteiger partial charge in [-0.05, 0) is 57.5 Å². The molecule has 0 aliphatic carbocycles. The normalized spacial score (nSPS) is 14.5. The first-order valence-electron chi connectivity index (χ1n) is 12.0. The van der Waals surface area contributed by atoms with Crippen molar-refractivity contribution >= 4 is 0 Å². The van der Waals surface area contributed by atoms with E-state index in [1.807, 2.05) is 64.1 Å². The second-order valence-corrected chi connectivity index (χ2v) is 7.84. The van der Waals surface area contributed by atoms with Gasteiger partial charge in [-0.1, -0.05) is 6.07 Å². The predicted octanol–water partition coefficient (Wildman–Crippen LogP) is 4.89. The zero-order valence-corrected chi connectivity index (χ0v) is 20.9. The molecule has 36 heavy (non-hydrogen) atoms. The second-order valence-electron chi connectivity index (χ2n) is 7.84. The molecule has 3 N–H and O–H groups in total. The molecule has 1 aliphatic rings. The zero-order valence-electron chi connectivity index (χ0n) is 20.9. The Balaban J connectivity index is 1.90. The monoisotopic (exact) mass is 490 g/mol. The Morgan fingerprint density at radius 1 is 0.917 bits per heavy atom. The third-order valence-corrected chi connectivity index (χ3v) is 5.67. The molecule has 188 valence electrons. The van der Waals surface area contributed by atoms with Gasteiger partial charge in [0.15, 0.2) is 11.5 Å². The van der Waals surface area contributed by atoms with Crippen LogP contribution in [-0.2, 0) is 0 Å². The van der Waals surface area contributed by atoms with E-state index in [0.717, 1.165) is 11.1 Å². The molecule has 0 bridgehead atoms. The van der Waals surface area contributed by atoms with Crippen LogP contribution in [-0.4, -0.2) is 36.6 Å². The summed E-state index contributed by atoms with van der Waals surface area (Å²) in [6, 6.07) is 13.5. The van der Waals surface area contributed by atoms with Crippen molar-refractivity contribution in [2.45, 2.75) is 33.6 Å². The van der Waals surface area contributed by atoms with E-state index in [1.165, 1.54) is 0 Å². The van der Waals surface area contributed by atoms with Crippen LogP contribution in [0.3, 0.4) is 0 Å². The van der Waals surface area contributed by atoms with Crippen molar-refractivity contribution in [3.05, 3.63) is 59.0 Å². The standard InChI is InChI=1S/C27H30N4O5/c1-5-32-17-10-11-18(21(14-17)34-7-3)25-24-23(19(15-28)26(29)36-27(24)31-30-25)16-9-12-20(33-6-2)22(13-16)35-8-4/h9-14,23H,5-8,29H2,1-4H3,(H,30,31)/t23-/m0/s1. The summed E-state index contributed by atoms with van der Waals surface area (Å²) in [7, 11) is 0. The molecule has 2 aromatic carbocycles. The summed E-state index contributed by atoms with van der Waals surface area (Å²) < 4.78 is 28.9. The number of ether oxygens (including phenoxy) is 5. The number of nitriles is 1. The minimum atomic E-state index is -0.552. The lowest BCUT2D eigenvalue weighted by Crippen LogP contribution is -2.21. The SMILES string of the molecule is CCOc1ccc(-c2[nH]nc3c2[C@@H](c2ccc(OCC)c(OCC)c2)C(C#N)=C(N)O3)c(OCC)c1. The number of rotatable bonds is 10. The summed E-state index contributed by atoms with van der Waals surface area (Å²) in [5, 5.41) is 17.5. The Kier molecular flexibility index (Phi) is 7.54. The van der Waals surface area contributed by atoms with E-state index in [4.69, 9.17) is 29.4 Å². The summed E-state index contributed by atoms with van der Waals surface area (Å²) in [5.41, 5.74) is 9.34. The Morgan fingerprint density at radius 3 is 2.31 bits per heavy atom. The van der Waals surface area contributed by atoms with Crippen LogP contribution in [0.1, 0.15) is 44.7 Å². The van der Waals surface area contributed by atoms with E-state index in [-0.39, 0.29) is 11.5 Å². The number of allylic oxidation sites excluding steroid dienone is 1. The highest BCUT2D eigenvalue weighted by Crippen LogP contribution is 2.48. The summed E-state index contributed by atoms with van der Waals surface area (Å²) in [4.78, 5) is 0. The number of hydrogen-bond acceptors (Lipinski definition) is 8. The molecule has 2 heterocycles. The molecule has 4 rings (SSSR count). The van der Waals surface area contributed by atoms with Gasteiger partial charge < -0.3 is 29.4 Å². The third kappa shape index (κ3) is 4.62. The highest BCUT2D eigenvalue weighted by Gasteiger charge is 2.36. The lowest BCUT2D eigenvalue weighted by atomic mass is 9.82. The second kappa shape index (κ2) is 11.0. The number of fused-ring (bicyclic) bond motifs is 1. The number of hydrogen-bond donors (Lipinski definition) is 2. The quantitative estimate of drug-likeness (QED) is 0.412. The fraction of sp³-hybridized carbons (Fsp3) is 0.333. The molecule has 3 aromatic rings. The lowest BCUT2D eigenvalue weighted by Gasteiger charge is -2.25. The van der Waals surface area contributed by atoms with Crippen molar-refractivity contribution < 1.29 is 23.7 Å². The number of benzene rings is 2. The number of H-pyrrole nitrogens is 1. The summed E-state index contributed by atoms with van der Waals surface area (Å²) in [6.45, 7) is 9.63. The van der Waals surface area contributed by atoms with E-state index >= 15 is 0 Å². The first kappa shape index (κ1) is 24.8. The van der Waals surface area contributed by atoms with Crippen LogP contribution in [0.5, 0.6) is 28.9 Å². The maximum atomic E-state index is 10.1. The molecule has 1 aromatic heterocycles. The molecule has 0 saturated carbocycles. The van der Waals surface area contributed by atoms with E-state index < -0.39 is 5.92 Å². The van der Waals surface area contributed by atoms with Gasteiger partial charge >= 0.3 is 0 Å². The molecule has 0 saturated heterocycles. The largest absolute Gasteiger partial charge is 0.494 e. The van der Waals surface area contributed by atoms with Gasteiger partial charge in [0.05, 0.1) is 43.6 Å². The van der Waals surface area contributed by atoms with Crippen LogP contribution in [0.4, 0.5) is 0 Å². The summed E-state index contributed by atoms with van der Waals surface area (Å²) >= 11 is 0. The van der Waals surface area contributed by atoms with Crippen LogP contribution in [0, 0.1) is 11.3 Å². The number of nitrogens with one attached hydrogen (secondary N) is 1. The average molecular weight is 491 g/mol. The van der Waals surface area contributed by atoms with Crippen LogP contribution in [0.2, 0.25) is 0 Å². The average Bonchev–Trinajstić information content (AvgIpc) is 3.28. The molecular weight excluding hydrogens is 460 g/mol. The van der Waals surface area contributed by atoms with E-state index in [1.54, 1.807) is 0 Å². The van der Waals surface area contributed by atoms with Crippen molar-refractivity contribution in [3.8, 4) is 46.2 Å². The van der Waals surface area contributed by atoms with Gasteiger partial charge in [-0.25, -0.2) is 0 Å². The number of nitrogens with two attached hydrogens (primary N) is 1. The molecule has 0 fully saturated rings. The van der Waals surface area contributed by atoms with Gasteiger partial charge in [-0.2, -0.15) is 5.26 Å². The molecule has 0 spiro atoms. The van der Waals surface area contributed by atoms with Crippen LogP contribution < -0.4 is 29.4 Å². The minimum Gasteiger partial charge on any atom is -0.494 e. The van der Waals surface area contributed by atoms with Crippen LogP contribution >= 0.6 is 0 Å². The highest BCUT2D eigenvalue weighted by molar-refractivity contribution is 5.76. The van der Waals surface area contributed by atoms with Crippen LogP contribution in [0.15, 0.2) is 47.9 Å². The first-order chi connectivity index (χ1) is 17.6. The van der Waals surface area contributed by atoms with Gasteiger partial charge in [0.1, 0.15) is 23.1 Å². The van der Waals surface area contributed by atoms with Crippen molar-refractivity contribution in [2.75, 3.05) is 26.4 Å². The van der Waals surface area contributed by atoms with E-state index in [2.05, 4.69) is 16.3 Å². The third-order valence-electron chi connectivity index (χ3n) is 5.67. The fourth-order valence-corrected chi connectivity index (χ4v) is 4.27. The van der Waals surface area contributed by atoms with Crippen molar-refractivity contribution in [2.24, 2.45) is 5.73 Å². The number of aromatic nitrogens is 2. The predicted molar refractivity (Wildman–Crippen MR) is 134 cm³/mol. The highest BCUT2D eigenvalue weighted by atomic mass is 16.5. The molecule has 0 unspecified atom stereocenters. The van der Waals surface area contributed by atoms with E-state index in [0.29, 0.717) is 66.6 Å². The first-order valence-corrected chi connectivity index (χ1v) is 12.0. The summed E-state index contributed by atoms with van der Waals surface area (Å²) in [5.74, 6) is 2.29. The summed E-state index contributed by atoms with van der Waals surface area (Å²) in [6.07, 6.45) is 0. The molecule has 9 nitrogen and oxygen atoms in total. The Hall–Kier alpha value is -4.32. The Labute approximate surface area is 210 Å². The smallest absolute Gasteiger partial charge is 0.244 e. The van der Waals surface area contributed by atoms with E-state index in [9.17, 15) is 5.26 Å². The zero-order chi connectivity index (χ0) is 25.7. The number of nitrogens with zero attached hydrogens (tertiary/aromatic N) is 2. The molecular formula is C27H30N4O5. The molecule has 0 amide bonds. The Morgan fingerprint density at radius 2 is 1.61 bits per heavy atom. The van der Waals surface area contributed by atoms with Crippen molar-refractivity contribution in [1.29, 1.82) is 5.26 Å². The van der Waals surface area contributed by atoms with Gasteiger partial charge in [0.2, 0.25) is 11.8 Å². The number of aromatic amines is 1. The van der Waals surface area contributed by atoms with Gasteiger partial charge in [0.25, 0.3) is 0 Å². The topological polar surface area (TPSA) is 125 Å². The molecule has 1 aliphatic heterocycles. The van der Waals surface area contributed by atoms with Crippen molar-refractivity contribution in [1.82, 2.24) is 10.2 Å². The fourth-order valence-electron chi connectivity index (χ4n) is 4.27. The molecule has 0 radical (unpaired) electrons.